The molecule has 2 aromatic heterocycles. The van der Waals surface area contributed by atoms with Gasteiger partial charge in [0.2, 0.25) is 5.95 Å². The van der Waals surface area contributed by atoms with E-state index in [2.05, 4.69) is 15.4 Å². The summed E-state index contributed by atoms with van der Waals surface area (Å²) >= 11 is 0. The fourth-order valence-corrected chi connectivity index (χ4v) is 1.61. The van der Waals surface area contributed by atoms with Gasteiger partial charge in [0.25, 0.3) is 0 Å². The number of hydrogen-bond donors (Lipinski definition) is 1. The molecule has 1 N–H and O–H groups in total. The monoisotopic (exact) mass is 220 g/mol. The van der Waals surface area contributed by atoms with Crippen LogP contribution in [0.1, 0.15) is 12.6 Å². The number of rotatable bonds is 4. The molecular formula is C11H16N4O. The summed E-state index contributed by atoms with van der Waals surface area (Å²) < 4.78 is 6.87. The van der Waals surface area contributed by atoms with Crippen molar-refractivity contribution in [3.05, 3.63) is 23.9 Å². The van der Waals surface area contributed by atoms with Crippen molar-refractivity contribution in [2.75, 3.05) is 19.0 Å². The van der Waals surface area contributed by atoms with Gasteiger partial charge < -0.3 is 10.1 Å². The Morgan fingerprint density at radius 3 is 3.00 bits per heavy atom. The van der Waals surface area contributed by atoms with Crippen molar-refractivity contribution < 1.29 is 4.74 Å². The summed E-state index contributed by atoms with van der Waals surface area (Å²) in [5.41, 5.74) is 1.92. The first-order valence-corrected chi connectivity index (χ1v) is 5.28. The summed E-state index contributed by atoms with van der Waals surface area (Å²) in [6, 6.07) is 6.11. The maximum absolute atomic E-state index is 5.05. The van der Waals surface area contributed by atoms with Crippen LogP contribution in [0.25, 0.3) is 5.65 Å². The third kappa shape index (κ3) is 2.14. The molecule has 0 aliphatic carbocycles. The van der Waals surface area contributed by atoms with Crippen LogP contribution >= 0.6 is 0 Å². The molecule has 1 unspecified atom stereocenters. The number of nitrogens with zero attached hydrogens (tertiary/aromatic N) is 3. The summed E-state index contributed by atoms with van der Waals surface area (Å²) in [4.78, 5) is 4.38. The summed E-state index contributed by atoms with van der Waals surface area (Å²) in [6.45, 7) is 4.67. The molecule has 0 amide bonds. The van der Waals surface area contributed by atoms with Crippen LogP contribution in [0, 0.1) is 6.92 Å². The Morgan fingerprint density at radius 2 is 2.31 bits per heavy atom. The number of aromatic nitrogens is 3. The fourth-order valence-electron chi connectivity index (χ4n) is 1.61. The number of ether oxygens (including phenoxy) is 1. The molecule has 0 saturated heterocycles. The minimum Gasteiger partial charge on any atom is -0.383 e. The molecule has 16 heavy (non-hydrogen) atoms. The van der Waals surface area contributed by atoms with E-state index in [1.165, 1.54) is 0 Å². The number of pyridine rings is 1. The Kier molecular flexibility index (Phi) is 3.05. The van der Waals surface area contributed by atoms with E-state index >= 15 is 0 Å². The van der Waals surface area contributed by atoms with Crippen molar-refractivity contribution in [1.29, 1.82) is 0 Å². The van der Waals surface area contributed by atoms with E-state index < -0.39 is 0 Å². The second-order valence-electron chi connectivity index (χ2n) is 3.87. The molecule has 0 fully saturated rings. The van der Waals surface area contributed by atoms with Gasteiger partial charge in [-0.15, -0.1) is 5.10 Å². The quantitative estimate of drug-likeness (QED) is 0.848. The van der Waals surface area contributed by atoms with Crippen molar-refractivity contribution in [1.82, 2.24) is 14.6 Å². The van der Waals surface area contributed by atoms with Crippen LogP contribution in [0.2, 0.25) is 0 Å². The van der Waals surface area contributed by atoms with E-state index in [0.717, 1.165) is 11.3 Å². The first-order chi connectivity index (χ1) is 7.70. The first-order valence-electron chi connectivity index (χ1n) is 5.28. The molecule has 2 aromatic rings. The molecule has 0 aliphatic heterocycles. The van der Waals surface area contributed by atoms with Gasteiger partial charge in [-0.25, -0.2) is 4.52 Å². The number of methoxy groups -OCH3 is 1. The van der Waals surface area contributed by atoms with Crippen LogP contribution in [-0.2, 0) is 4.74 Å². The first kappa shape index (κ1) is 10.9. The highest BCUT2D eigenvalue weighted by atomic mass is 16.5. The molecule has 2 heterocycles. The lowest BCUT2D eigenvalue weighted by Crippen LogP contribution is -2.21. The molecule has 5 heteroatoms. The topological polar surface area (TPSA) is 51.5 Å². The smallest absolute Gasteiger partial charge is 0.243 e. The molecule has 0 bridgehead atoms. The Bertz CT molecular complexity index is 480. The molecule has 0 spiro atoms. The van der Waals surface area contributed by atoms with Crippen LogP contribution in [0.15, 0.2) is 18.2 Å². The Hall–Kier alpha value is -1.62. The Morgan fingerprint density at radius 1 is 1.50 bits per heavy atom. The third-order valence-electron chi connectivity index (χ3n) is 2.34. The highest BCUT2D eigenvalue weighted by Gasteiger charge is 2.07. The average Bonchev–Trinajstić information content (AvgIpc) is 2.62. The normalized spacial score (nSPS) is 12.9. The maximum atomic E-state index is 5.05. The second-order valence-corrected chi connectivity index (χ2v) is 3.87. The van der Waals surface area contributed by atoms with Gasteiger partial charge >= 0.3 is 0 Å². The molecule has 86 valence electrons. The van der Waals surface area contributed by atoms with Crippen LogP contribution in [0.4, 0.5) is 5.95 Å². The highest BCUT2D eigenvalue weighted by Crippen LogP contribution is 2.08. The zero-order valence-electron chi connectivity index (χ0n) is 9.77. The summed E-state index contributed by atoms with van der Waals surface area (Å²) in [5.74, 6) is 0.638. The molecule has 0 saturated carbocycles. The van der Waals surface area contributed by atoms with Gasteiger partial charge in [-0.2, -0.15) is 4.98 Å². The van der Waals surface area contributed by atoms with Crippen LogP contribution in [0.5, 0.6) is 0 Å². The van der Waals surface area contributed by atoms with Crippen LogP contribution in [0.3, 0.4) is 0 Å². The SMILES string of the molecule is COCC(C)Nc1nc2cccc(C)n2n1. The minimum atomic E-state index is 0.197. The third-order valence-corrected chi connectivity index (χ3v) is 2.34. The minimum absolute atomic E-state index is 0.197. The fraction of sp³-hybridized carbons (Fsp3) is 0.455. The molecular weight excluding hydrogens is 204 g/mol. The lowest BCUT2D eigenvalue weighted by atomic mass is 10.4. The average molecular weight is 220 g/mol. The summed E-state index contributed by atoms with van der Waals surface area (Å²) in [6.07, 6.45) is 0. The lowest BCUT2D eigenvalue weighted by Gasteiger charge is -2.09. The van der Waals surface area contributed by atoms with Gasteiger partial charge in [-0.3, -0.25) is 0 Å². The largest absolute Gasteiger partial charge is 0.383 e. The van der Waals surface area contributed by atoms with Gasteiger partial charge in [0.15, 0.2) is 5.65 Å². The van der Waals surface area contributed by atoms with Gasteiger partial charge in [0.05, 0.1) is 6.61 Å². The number of nitrogens with one attached hydrogen (secondary N) is 1. The molecule has 1 atom stereocenters. The summed E-state index contributed by atoms with van der Waals surface area (Å²) in [7, 11) is 1.68. The van der Waals surface area contributed by atoms with E-state index in [1.807, 2.05) is 36.6 Å². The van der Waals surface area contributed by atoms with E-state index in [4.69, 9.17) is 4.74 Å². The Labute approximate surface area is 94.4 Å². The van der Waals surface area contributed by atoms with E-state index in [1.54, 1.807) is 7.11 Å². The number of aryl methyl sites for hydroxylation is 1. The van der Waals surface area contributed by atoms with Gasteiger partial charge in [0, 0.05) is 18.8 Å². The lowest BCUT2D eigenvalue weighted by molar-refractivity contribution is 0.190. The van der Waals surface area contributed by atoms with Gasteiger partial charge in [-0.05, 0) is 26.0 Å². The number of hydrogen-bond acceptors (Lipinski definition) is 4. The molecule has 0 aliphatic rings. The molecule has 2 rings (SSSR count). The van der Waals surface area contributed by atoms with E-state index in [-0.39, 0.29) is 6.04 Å². The second kappa shape index (κ2) is 4.49. The predicted octanol–water partition coefficient (Wildman–Crippen LogP) is 1.48. The summed E-state index contributed by atoms with van der Waals surface area (Å²) in [5, 5.41) is 7.56. The highest BCUT2D eigenvalue weighted by molar-refractivity contribution is 5.44. The van der Waals surface area contributed by atoms with Gasteiger partial charge in [-0.1, -0.05) is 6.07 Å². The van der Waals surface area contributed by atoms with Crippen molar-refractivity contribution in [3.63, 3.8) is 0 Å². The predicted molar refractivity (Wildman–Crippen MR) is 62.7 cm³/mol. The van der Waals surface area contributed by atoms with Gasteiger partial charge in [0.1, 0.15) is 0 Å². The van der Waals surface area contributed by atoms with Crippen molar-refractivity contribution in [3.8, 4) is 0 Å². The molecule has 5 nitrogen and oxygen atoms in total. The van der Waals surface area contributed by atoms with Crippen molar-refractivity contribution in [2.24, 2.45) is 0 Å². The van der Waals surface area contributed by atoms with Crippen LogP contribution < -0.4 is 5.32 Å². The number of fused-ring (bicyclic) bond motifs is 1. The van der Waals surface area contributed by atoms with E-state index in [9.17, 15) is 0 Å². The number of anilines is 1. The Balaban J connectivity index is 2.23. The zero-order valence-corrected chi connectivity index (χ0v) is 9.77. The standard InChI is InChI=1S/C11H16N4O/c1-8(7-16-3)12-11-13-10-6-4-5-9(2)15(10)14-11/h4-6,8H,7H2,1-3H3,(H,12,14). The molecule has 0 aromatic carbocycles. The van der Waals surface area contributed by atoms with Crippen molar-refractivity contribution >= 4 is 11.6 Å². The maximum Gasteiger partial charge on any atom is 0.243 e. The molecule has 0 radical (unpaired) electrons. The van der Waals surface area contributed by atoms with E-state index in [0.29, 0.717) is 12.6 Å². The zero-order chi connectivity index (χ0) is 11.5. The van der Waals surface area contributed by atoms with Crippen molar-refractivity contribution in [2.45, 2.75) is 19.9 Å². The van der Waals surface area contributed by atoms with Crippen LogP contribution in [-0.4, -0.2) is 34.4 Å².